The summed E-state index contributed by atoms with van der Waals surface area (Å²) >= 11 is 0. The molecule has 0 radical (unpaired) electrons. The van der Waals surface area contributed by atoms with E-state index in [9.17, 15) is 5.11 Å². The van der Waals surface area contributed by atoms with Gasteiger partial charge in [-0.3, -0.25) is 0 Å². The number of benzene rings is 1. The van der Waals surface area contributed by atoms with Gasteiger partial charge < -0.3 is 10.4 Å². The molecule has 0 aromatic heterocycles. The molecule has 1 fully saturated rings. The smallest absolute Gasteiger partial charge is 0.0718 e. The van der Waals surface area contributed by atoms with E-state index in [2.05, 4.69) is 36.5 Å². The summed E-state index contributed by atoms with van der Waals surface area (Å²) in [5.74, 6) is 0.432. The molecule has 16 heavy (non-hydrogen) atoms. The summed E-state index contributed by atoms with van der Waals surface area (Å²) in [6.45, 7) is 3.00. The largest absolute Gasteiger partial charge is 0.391 e. The molecule has 0 bridgehead atoms. The van der Waals surface area contributed by atoms with Gasteiger partial charge in [0.1, 0.15) is 0 Å². The average Bonchev–Trinajstić information content (AvgIpc) is 2.32. The van der Waals surface area contributed by atoms with Gasteiger partial charge in [-0.1, -0.05) is 43.7 Å². The quantitative estimate of drug-likeness (QED) is 0.817. The Kier molecular flexibility index (Phi) is 3.97. The zero-order valence-corrected chi connectivity index (χ0v) is 9.89. The molecule has 0 aliphatic heterocycles. The fraction of sp³-hybridized carbons (Fsp3) is 0.571. The predicted molar refractivity (Wildman–Crippen MR) is 66.1 cm³/mol. The van der Waals surface area contributed by atoms with Gasteiger partial charge in [-0.15, -0.1) is 0 Å². The summed E-state index contributed by atoms with van der Waals surface area (Å²) < 4.78 is 0. The summed E-state index contributed by atoms with van der Waals surface area (Å²) in [6, 6.07) is 10.6. The van der Waals surface area contributed by atoms with Crippen LogP contribution in [0.3, 0.4) is 0 Å². The molecule has 3 atom stereocenters. The molecule has 0 heterocycles. The van der Waals surface area contributed by atoms with Gasteiger partial charge in [-0.25, -0.2) is 0 Å². The summed E-state index contributed by atoms with van der Waals surface area (Å²) in [5.41, 5.74) is 1.29. The van der Waals surface area contributed by atoms with E-state index in [4.69, 9.17) is 0 Å². The van der Waals surface area contributed by atoms with E-state index in [0.717, 1.165) is 19.4 Å². The lowest BCUT2D eigenvalue weighted by Crippen LogP contribution is -2.45. The van der Waals surface area contributed by atoms with Crippen LogP contribution in [0.4, 0.5) is 0 Å². The second-order valence-electron chi connectivity index (χ2n) is 4.87. The van der Waals surface area contributed by atoms with Crippen molar-refractivity contribution in [2.45, 2.75) is 44.9 Å². The molecular weight excluding hydrogens is 198 g/mol. The zero-order valence-electron chi connectivity index (χ0n) is 9.89. The standard InChI is InChI=1S/C14H21NO/c1-11-6-5-9-13(14(11)16)15-10-12-7-3-2-4-8-12/h2-4,7-8,11,13-16H,5-6,9-10H2,1H3/t11-,13-,14-/m0/s1. The van der Waals surface area contributed by atoms with Gasteiger partial charge in [0.15, 0.2) is 0 Å². The lowest BCUT2D eigenvalue weighted by atomic mass is 9.84. The van der Waals surface area contributed by atoms with E-state index in [1.54, 1.807) is 0 Å². The van der Waals surface area contributed by atoms with Gasteiger partial charge in [-0.05, 0) is 24.3 Å². The van der Waals surface area contributed by atoms with Gasteiger partial charge >= 0.3 is 0 Å². The Morgan fingerprint density at radius 3 is 2.75 bits per heavy atom. The Bertz CT molecular complexity index is 312. The molecule has 1 aromatic rings. The Labute approximate surface area is 97.7 Å². The average molecular weight is 219 g/mol. The van der Waals surface area contributed by atoms with Crippen molar-refractivity contribution in [3.8, 4) is 0 Å². The molecule has 0 spiro atoms. The highest BCUT2D eigenvalue weighted by atomic mass is 16.3. The van der Waals surface area contributed by atoms with Crippen LogP contribution in [0.25, 0.3) is 0 Å². The van der Waals surface area contributed by atoms with Crippen LogP contribution in [-0.4, -0.2) is 17.3 Å². The normalized spacial score (nSPS) is 30.2. The Balaban J connectivity index is 1.85. The summed E-state index contributed by atoms with van der Waals surface area (Å²) in [7, 11) is 0. The molecular formula is C14H21NO. The van der Waals surface area contributed by atoms with Gasteiger partial charge in [0.25, 0.3) is 0 Å². The first kappa shape index (κ1) is 11.6. The topological polar surface area (TPSA) is 32.3 Å². The van der Waals surface area contributed by atoms with Crippen LogP contribution < -0.4 is 5.32 Å². The third-order valence-electron chi connectivity index (χ3n) is 3.58. The maximum atomic E-state index is 10.1. The predicted octanol–water partition coefficient (Wildman–Crippen LogP) is 2.33. The van der Waals surface area contributed by atoms with E-state index >= 15 is 0 Å². The summed E-state index contributed by atoms with van der Waals surface area (Å²) in [4.78, 5) is 0. The molecule has 1 aliphatic rings. The number of nitrogens with one attached hydrogen (secondary N) is 1. The second kappa shape index (κ2) is 5.46. The van der Waals surface area contributed by atoms with Crippen LogP contribution in [0.2, 0.25) is 0 Å². The first-order chi connectivity index (χ1) is 7.77. The first-order valence-corrected chi connectivity index (χ1v) is 6.23. The number of rotatable bonds is 3. The third kappa shape index (κ3) is 2.83. The lowest BCUT2D eigenvalue weighted by molar-refractivity contribution is 0.0449. The summed E-state index contributed by atoms with van der Waals surface area (Å²) in [6.07, 6.45) is 3.30. The number of hydrogen-bond donors (Lipinski definition) is 2. The fourth-order valence-electron chi connectivity index (χ4n) is 2.47. The Hall–Kier alpha value is -0.860. The number of aliphatic hydroxyl groups excluding tert-OH is 1. The van der Waals surface area contributed by atoms with Crippen LogP contribution in [0.15, 0.2) is 30.3 Å². The van der Waals surface area contributed by atoms with Crippen molar-refractivity contribution in [3.63, 3.8) is 0 Å². The molecule has 88 valence electrons. The minimum absolute atomic E-state index is 0.183. The van der Waals surface area contributed by atoms with E-state index in [0.29, 0.717) is 5.92 Å². The Morgan fingerprint density at radius 1 is 1.25 bits per heavy atom. The number of aliphatic hydroxyl groups is 1. The zero-order chi connectivity index (χ0) is 11.4. The highest BCUT2D eigenvalue weighted by Gasteiger charge is 2.28. The van der Waals surface area contributed by atoms with Gasteiger partial charge in [0.2, 0.25) is 0 Å². The van der Waals surface area contributed by atoms with Crippen LogP contribution in [-0.2, 0) is 6.54 Å². The minimum Gasteiger partial charge on any atom is -0.391 e. The van der Waals surface area contributed by atoms with Crippen molar-refractivity contribution < 1.29 is 5.11 Å². The molecule has 2 nitrogen and oxygen atoms in total. The van der Waals surface area contributed by atoms with Gasteiger partial charge in [0, 0.05) is 12.6 Å². The van der Waals surface area contributed by atoms with Crippen molar-refractivity contribution in [2.24, 2.45) is 5.92 Å². The molecule has 1 saturated carbocycles. The monoisotopic (exact) mass is 219 g/mol. The third-order valence-corrected chi connectivity index (χ3v) is 3.58. The van der Waals surface area contributed by atoms with E-state index in [1.165, 1.54) is 12.0 Å². The summed E-state index contributed by atoms with van der Waals surface area (Å²) in [5, 5.41) is 13.5. The van der Waals surface area contributed by atoms with Crippen molar-refractivity contribution in [2.75, 3.05) is 0 Å². The molecule has 2 rings (SSSR count). The number of hydrogen-bond acceptors (Lipinski definition) is 2. The molecule has 1 aromatic carbocycles. The van der Waals surface area contributed by atoms with Crippen LogP contribution in [0.5, 0.6) is 0 Å². The van der Waals surface area contributed by atoms with E-state index < -0.39 is 0 Å². The SMILES string of the molecule is C[C@H]1CCC[C@H](NCc2ccccc2)[C@H]1O. The van der Waals surface area contributed by atoms with E-state index in [1.807, 2.05) is 6.07 Å². The molecule has 1 aliphatic carbocycles. The molecule has 2 N–H and O–H groups in total. The fourth-order valence-corrected chi connectivity index (χ4v) is 2.47. The van der Waals surface area contributed by atoms with Crippen LogP contribution in [0, 0.1) is 5.92 Å². The molecule has 0 saturated heterocycles. The Morgan fingerprint density at radius 2 is 2.00 bits per heavy atom. The maximum Gasteiger partial charge on any atom is 0.0718 e. The molecule has 0 unspecified atom stereocenters. The maximum absolute atomic E-state index is 10.1. The van der Waals surface area contributed by atoms with Gasteiger partial charge in [0.05, 0.1) is 6.10 Å². The van der Waals surface area contributed by atoms with Crippen molar-refractivity contribution in [3.05, 3.63) is 35.9 Å². The highest BCUT2D eigenvalue weighted by Crippen LogP contribution is 2.24. The molecule has 0 amide bonds. The second-order valence-corrected chi connectivity index (χ2v) is 4.87. The van der Waals surface area contributed by atoms with Crippen molar-refractivity contribution >= 4 is 0 Å². The minimum atomic E-state index is -0.183. The van der Waals surface area contributed by atoms with Crippen molar-refractivity contribution in [1.29, 1.82) is 0 Å². The molecule has 2 heteroatoms. The van der Waals surface area contributed by atoms with Crippen LogP contribution >= 0.6 is 0 Å². The van der Waals surface area contributed by atoms with E-state index in [-0.39, 0.29) is 12.1 Å². The highest BCUT2D eigenvalue weighted by molar-refractivity contribution is 5.14. The van der Waals surface area contributed by atoms with Gasteiger partial charge in [-0.2, -0.15) is 0 Å². The lowest BCUT2D eigenvalue weighted by Gasteiger charge is -2.33. The van der Waals surface area contributed by atoms with Crippen molar-refractivity contribution in [1.82, 2.24) is 5.32 Å². The van der Waals surface area contributed by atoms with Crippen LogP contribution in [0.1, 0.15) is 31.7 Å². The first-order valence-electron chi connectivity index (χ1n) is 6.23.